The van der Waals surface area contributed by atoms with Gasteiger partial charge in [0.25, 0.3) is 0 Å². The number of alkyl halides is 3. The molecule has 0 spiro atoms. The minimum absolute atomic E-state index is 0.173. The fourth-order valence-electron chi connectivity index (χ4n) is 4.15. The minimum Gasteiger partial charge on any atom is -0.475 e. The number of hydrogen-bond donors (Lipinski definition) is 1. The zero-order chi connectivity index (χ0) is 22.8. The molecule has 1 aromatic heterocycles. The summed E-state index contributed by atoms with van der Waals surface area (Å²) < 4.78 is 33.6. The lowest BCUT2D eigenvalue weighted by atomic mass is 10.0. The van der Waals surface area contributed by atoms with Gasteiger partial charge >= 0.3 is 12.1 Å². The van der Waals surface area contributed by atoms with Gasteiger partial charge in [0.1, 0.15) is 0 Å². The van der Waals surface area contributed by atoms with Crippen molar-refractivity contribution in [3.05, 3.63) is 53.3 Å². The Morgan fingerprint density at radius 1 is 1.19 bits per heavy atom. The van der Waals surface area contributed by atoms with E-state index in [0.717, 1.165) is 32.7 Å². The van der Waals surface area contributed by atoms with Crippen LogP contribution < -0.4 is 0 Å². The molecule has 3 heterocycles. The van der Waals surface area contributed by atoms with Crippen molar-refractivity contribution in [3.63, 3.8) is 0 Å². The summed E-state index contributed by atoms with van der Waals surface area (Å²) in [4.78, 5) is 26.1. The first-order chi connectivity index (χ1) is 14.5. The normalized spacial score (nSPS) is 21.1. The molecule has 2 aliphatic rings. The molecule has 2 fully saturated rings. The standard InChI is InChI=1S/C19H24N4O.C2HF3O2/c1-14-4-3-5-15(6-14)10-23-12-17-11-22(13-18(17)19(23)24)9-16-7-20-21(2)8-16;3-2(4,5)1(6)7/h3-8,17-18H,9-13H2,1-2H3;(H,6,7)/t17-,18-;/m0./s1. The topological polar surface area (TPSA) is 78.7 Å². The molecule has 2 saturated heterocycles. The molecule has 0 radical (unpaired) electrons. The molecule has 2 atom stereocenters. The Morgan fingerprint density at radius 3 is 2.45 bits per heavy atom. The number of carboxylic acid groups (broad SMARTS) is 1. The molecule has 1 N–H and O–H groups in total. The number of fused-ring (bicyclic) bond motifs is 1. The highest BCUT2D eigenvalue weighted by Gasteiger charge is 2.45. The van der Waals surface area contributed by atoms with Gasteiger partial charge in [-0.2, -0.15) is 18.3 Å². The second-order valence-electron chi connectivity index (χ2n) is 8.09. The summed E-state index contributed by atoms with van der Waals surface area (Å²) >= 11 is 0. The fraction of sp³-hybridized carbons (Fsp3) is 0.476. The van der Waals surface area contributed by atoms with E-state index in [-0.39, 0.29) is 5.92 Å². The molecule has 10 heteroatoms. The number of carbonyl (C=O) groups is 2. The third kappa shape index (κ3) is 5.84. The average molecular weight is 438 g/mol. The number of aliphatic carboxylic acids is 1. The van der Waals surface area contributed by atoms with E-state index >= 15 is 0 Å². The molecule has 2 aliphatic heterocycles. The van der Waals surface area contributed by atoms with Gasteiger partial charge in [0, 0.05) is 57.4 Å². The first-order valence-corrected chi connectivity index (χ1v) is 9.87. The van der Waals surface area contributed by atoms with Crippen LogP contribution in [0, 0.1) is 18.8 Å². The summed E-state index contributed by atoms with van der Waals surface area (Å²) in [5.41, 5.74) is 3.71. The highest BCUT2D eigenvalue weighted by molar-refractivity contribution is 5.82. The molecule has 168 valence electrons. The van der Waals surface area contributed by atoms with Gasteiger partial charge in [0.15, 0.2) is 0 Å². The lowest BCUT2D eigenvalue weighted by Gasteiger charge is -2.21. The Bertz CT molecular complexity index is 944. The molecule has 0 saturated carbocycles. The Hall–Kier alpha value is -2.88. The van der Waals surface area contributed by atoms with Crippen LogP contribution >= 0.6 is 0 Å². The summed E-state index contributed by atoms with van der Waals surface area (Å²) in [5.74, 6) is -1.78. The second kappa shape index (κ2) is 9.09. The van der Waals surface area contributed by atoms with E-state index < -0.39 is 12.1 Å². The van der Waals surface area contributed by atoms with Crippen LogP contribution in [-0.2, 0) is 29.7 Å². The average Bonchev–Trinajstić information content (AvgIpc) is 3.33. The first kappa shape index (κ1) is 22.8. The van der Waals surface area contributed by atoms with Crippen LogP contribution in [0.2, 0.25) is 0 Å². The third-order valence-corrected chi connectivity index (χ3v) is 5.46. The van der Waals surface area contributed by atoms with Crippen LogP contribution in [-0.4, -0.2) is 62.4 Å². The lowest BCUT2D eigenvalue weighted by Crippen LogP contribution is -2.32. The summed E-state index contributed by atoms with van der Waals surface area (Å²) in [6.07, 6.45) is -1.11. The van der Waals surface area contributed by atoms with Crippen molar-refractivity contribution in [1.82, 2.24) is 19.6 Å². The van der Waals surface area contributed by atoms with Gasteiger partial charge in [0.2, 0.25) is 5.91 Å². The van der Waals surface area contributed by atoms with Crippen molar-refractivity contribution in [3.8, 4) is 0 Å². The first-order valence-electron chi connectivity index (χ1n) is 9.87. The maximum Gasteiger partial charge on any atom is 0.490 e. The van der Waals surface area contributed by atoms with Crippen LogP contribution in [0.25, 0.3) is 0 Å². The molecule has 2 aromatic rings. The Labute approximate surface area is 178 Å². The summed E-state index contributed by atoms with van der Waals surface area (Å²) in [6.45, 7) is 6.52. The van der Waals surface area contributed by atoms with Gasteiger partial charge in [-0.1, -0.05) is 29.8 Å². The van der Waals surface area contributed by atoms with Crippen LogP contribution in [0.4, 0.5) is 13.2 Å². The number of aromatic nitrogens is 2. The van der Waals surface area contributed by atoms with E-state index in [9.17, 15) is 18.0 Å². The highest BCUT2D eigenvalue weighted by atomic mass is 19.4. The highest BCUT2D eigenvalue weighted by Crippen LogP contribution is 2.33. The maximum absolute atomic E-state index is 12.8. The van der Waals surface area contributed by atoms with Crippen LogP contribution in [0.1, 0.15) is 16.7 Å². The summed E-state index contributed by atoms with van der Waals surface area (Å²) in [6, 6.07) is 8.46. The Kier molecular flexibility index (Phi) is 6.68. The molecular formula is C21H25F3N4O3. The molecule has 7 nitrogen and oxygen atoms in total. The number of aryl methyl sites for hydroxylation is 2. The molecule has 1 aromatic carbocycles. The zero-order valence-electron chi connectivity index (χ0n) is 17.3. The lowest BCUT2D eigenvalue weighted by molar-refractivity contribution is -0.192. The maximum atomic E-state index is 12.8. The number of hydrogen-bond acceptors (Lipinski definition) is 4. The number of carboxylic acids is 1. The molecular weight excluding hydrogens is 413 g/mol. The minimum atomic E-state index is -5.08. The van der Waals surface area contributed by atoms with Crippen LogP contribution in [0.5, 0.6) is 0 Å². The number of likely N-dealkylation sites (tertiary alicyclic amines) is 2. The zero-order valence-corrected chi connectivity index (χ0v) is 17.3. The summed E-state index contributed by atoms with van der Waals surface area (Å²) in [5, 5.41) is 11.4. The number of benzene rings is 1. The van der Waals surface area contributed by atoms with Gasteiger partial charge in [-0.05, 0) is 12.5 Å². The Balaban J connectivity index is 0.000000339. The molecule has 31 heavy (non-hydrogen) atoms. The van der Waals surface area contributed by atoms with E-state index in [4.69, 9.17) is 9.90 Å². The number of amides is 1. The molecule has 0 unspecified atom stereocenters. The van der Waals surface area contributed by atoms with Crippen molar-refractivity contribution in [1.29, 1.82) is 0 Å². The predicted molar refractivity (Wildman–Crippen MR) is 106 cm³/mol. The van der Waals surface area contributed by atoms with Crippen molar-refractivity contribution < 1.29 is 27.9 Å². The van der Waals surface area contributed by atoms with Gasteiger partial charge in [-0.25, -0.2) is 4.79 Å². The molecule has 0 aliphatic carbocycles. The summed E-state index contributed by atoms with van der Waals surface area (Å²) in [7, 11) is 1.94. The van der Waals surface area contributed by atoms with E-state index in [0.29, 0.717) is 11.8 Å². The monoisotopic (exact) mass is 438 g/mol. The van der Waals surface area contributed by atoms with Crippen LogP contribution in [0.15, 0.2) is 36.7 Å². The smallest absolute Gasteiger partial charge is 0.475 e. The largest absolute Gasteiger partial charge is 0.490 e. The molecule has 1 amide bonds. The van der Waals surface area contributed by atoms with Crippen molar-refractivity contribution in [2.75, 3.05) is 19.6 Å². The van der Waals surface area contributed by atoms with Gasteiger partial charge < -0.3 is 10.0 Å². The number of halogens is 3. The SMILES string of the molecule is Cc1cccc(CN2C[C@@H]3CN(Cc4cnn(C)c4)C[C@@H]3C2=O)c1.O=C(O)C(F)(F)F. The second-order valence-corrected chi connectivity index (χ2v) is 8.09. The van der Waals surface area contributed by atoms with Crippen molar-refractivity contribution in [2.24, 2.45) is 18.9 Å². The van der Waals surface area contributed by atoms with Gasteiger partial charge in [0.05, 0.1) is 12.1 Å². The van der Waals surface area contributed by atoms with Crippen molar-refractivity contribution >= 4 is 11.9 Å². The predicted octanol–water partition coefficient (Wildman–Crippen LogP) is 2.45. The number of carbonyl (C=O) groups excluding carboxylic acids is 1. The van der Waals surface area contributed by atoms with E-state index in [1.54, 1.807) is 0 Å². The van der Waals surface area contributed by atoms with Gasteiger partial charge in [-0.3, -0.25) is 14.4 Å². The van der Waals surface area contributed by atoms with E-state index in [2.05, 4.69) is 47.4 Å². The van der Waals surface area contributed by atoms with Gasteiger partial charge in [-0.15, -0.1) is 0 Å². The molecule has 4 rings (SSSR count). The number of rotatable bonds is 4. The fourth-order valence-corrected chi connectivity index (χ4v) is 4.15. The quantitative estimate of drug-likeness (QED) is 0.794. The third-order valence-electron chi connectivity index (χ3n) is 5.46. The van der Waals surface area contributed by atoms with E-state index in [1.807, 2.05) is 22.8 Å². The van der Waals surface area contributed by atoms with E-state index in [1.165, 1.54) is 16.7 Å². The van der Waals surface area contributed by atoms with Crippen molar-refractivity contribution in [2.45, 2.75) is 26.2 Å². The Morgan fingerprint density at radius 2 is 1.90 bits per heavy atom. The molecule has 0 bridgehead atoms. The number of nitrogens with zero attached hydrogens (tertiary/aromatic N) is 4. The van der Waals surface area contributed by atoms with Crippen LogP contribution in [0.3, 0.4) is 0 Å².